The number of carbonyl (C=O) groups is 2. The van der Waals surface area contributed by atoms with Crippen LogP contribution in [0.25, 0.3) is 5.69 Å². The van der Waals surface area contributed by atoms with Crippen LogP contribution in [0.15, 0.2) is 54.9 Å². The zero-order valence-electron chi connectivity index (χ0n) is 16.8. The minimum atomic E-state index is -0.957. The van der Waals surface area contributed by atoms with Gasteiger partial charge in [-0.05, 0) is 58.7 Å². The number of nitrogens with one attached hydrogen (secondary N) is 1. The number of tetrazole rings is 1. The van der Waals surface area contributed by atoms with E-state index >= 15 is 0 Å². The Labute approximate surface area is 168 Å². The molecule has 150 valence electrons. The minimum Gasteiger partial charge on any atom is -0.449 e. The number of benzene rings is 2. The Bertz CT molecular complexity index is 992. The molecule has 8 heteroatoms. The topological polar surface area (TPSA) is 99.0 Å². The van der Waals surface area contributed by atoms with Gasteiger partial charge in [0.2, 0.25) is 0 Å². The maximum Gasteiger partial charge on any atom is 0.338 e. The van der Waals surface area contributed by atoms with Crippen molar-refractivity contribution in [1.29, 1.82) is 0 Å². The highest BCUT2D eigenvalue weighted by atomic mass is 16.5. The quantitative estimate of drug-likeness (QED) is 0.669. The molecule has 0 aliphatic rings. The van der Waals surface area contributed by atoms with E-state index in [-0.39, 0.29) is 5.41 Å². The van der Waals surface area contributed by atoms with Crippen molar-refractivity contribution >= 4 is 17.6 Å². The van der Waals surface area contributed by atoms with Crippen LogP contribution in [0.2, 0.25) is 0 Å². The van der Waals surface area contributed by atoms with Crippen LogP contribution in [0.4, 0.5) is 5.69 Å². The number of rotatable bonds is 5. The third-order valence-corrected chi connectivity index (χ3v) is 4.37. The van der Waals surface area contributed by atoms with Gasteiger partial charge in [-0.25, -0.2) is 9.48 Å². The lowest BCUT2D eigenvalue weighted by Gasteiger charge is -2.19. The first-order valence-electron chi connectivity index (χ1n) is 9.20. The first-order chi connectivity index (χ1) is 13.7. The number of amides is 1. The van der Waals surface area contributed by atoms with Crippen LogP contribution < -0.4 is 5.32 Å². The molecular formula is C21H23N5O3. The molecule has 0 fully saturated rings. The summed E-state index contributed by atoms with van der Waals surface area (Å²) in [7, 11) is 0. The molecule has 1 aromatic heterocycles. The third-order valence-electron chi connectivity index (χ3n) is 4.37. The van der Waals surface area contributed by atoms with Gasteiger partial charge in [0.25, 0.3) is 5.91 Å². The molecular weight excluding hydrogens is 370 g/mol. The van der Waals surface area contributed by atoms with Crippen LogP contribution >= 0.6 is 0 Å². The molecule has 0 spiro atoms. The number of nitrogens with zero attached hydrogens (tertiary/aromatic N) is 4. The van der Waals surface area contributed by atoms with Crippen LogP contribution in [-0.2, 0) is 14.9 Å². The Balaban J connectivity index is 1.62. The van der Waals surface area contributed by atoms with Crippen LogP contribution in [-0.4, -0.2) is 38.2 Å². The largest absolute Gasteiger partial charge is 0.449 e. The Hall–Kier alpha value is -3.55. The predicted octanol–water partition coefficient (Wildman–Crippen LogP) is 3.14. The molecule has 8 nitrogen and oxygen atoms in total. The summed E-state index contributed by atoms with van der Waals surface area (Å²) in [5.74, 6) is -1.01. The van der Waals surface area contributed by atoms with Crippen molar-refractivity contribution in [2.75, 3.05) is 5.32 Å². The van der Waals surface area contributed by atoms with Gasteiger partial charge >= 0.3 is 5.97 Å². The molecule has 2 aromatic carbocycles. The van der Waals surface area contributed by atoms with E-state index in [4.69, 9.17) is 4.74 Å². The summed E-state index contributed by atoms with van der Waals surface area (Å²) in [4.78, 5) is 24.8. The SMILES string of the molecule is C[C@@H](OC(=O)c1cccc(-n2cnnn2)c1)C(=O)Nc1ccc(C(C)(C)C)cc1. The number of carbonyl (C=O) groups excluding carboxylic acids is 2. The van der Waals surface area contributed by atoms with Crippen molar-refractivity contribution < 1.29 is 14.3 Å². The van der Waals surface area contributed by atoms with Crippen molar-refractivity contribution in [2.24, 2.45) is 0 Å². The van der Waals surface area contributed by atoms with Gasteiger partial charge in [0.15, 0.2) is 6.10 Å². The molecule has 0 unspecified atom stereocenters. The average Bonchev–Trinajstić information content (AvgIpc) is 3.22. The number of hydrogen-bond acceptors (Lipinski definition) is 6. The predicted molar refractivity (Wildman–Crippen MR) is 108 cm³/mol. The second-order valence-corrected chi connectivity index (χ2v) is 7.67. The number of ether oxygens (including phenoxy) is 1. The average molecular weight is 393 g/mol. The molecule has 0 bridgehead atoms. The fraction of sp³-hybridized carbons (Fsp3) is 0.286. The molecule has 29 heavy (non-hydrogen) atoms. The molecule has 1 amide bonds. The lowest BCUT2D eigenvalue weighted by molar-refractivity contribution is -0.123. The zero-order chi connectivity index (χ0) is 21.0. The summed E-state index contributed by atoms with van der Waals surface area (Å²) in [5, 5.41) is 13.7. The first kappa shape index (κ1) is 20.2. The van der Waals surface area contributed by atoms with Gasteiger partial charge in [0, 0.05) is 5.69 Å². The van der Waals surface area contributed by atoms with Crippen molar-refractivity contribution in [3.8, 4) is 5.69 Å². The molecule has 3 rings (SSSR count). The molecule has 0 aliphatic heterocycles. The third kappa shape index (κ3) is 5.04. The van der Waals surface area contributed by atoms with E-state index in [1.165, 1.54) is 17.9 Å². The highest BCUT2D eigenvalue weighted by Crippen LogP contribution is 2.23. The second kappa shape index (κ2) is 8.22. The summed E-state index contributed by atoms with van der Waals surface area (Å²) >= 11 is 0. The molecule has 1 atom stereocenters. The summed E-state index contributed by atoms with van der Waals surface area (Å²) < 4.78 is 6.73. The van der Waals surface area contributed by atoms with E-state index in [1.54, 1.807) is 24.3 Å². The van der Waals surface area contributed by atoms with E-state index < -0.39 is 18.0 Å². The van der Waals surface area contributed by atoms with E-state index in [2.05, 4.69) is 41.6 Å². The number of hydrogen-bond donors (Lipinski definition) is 1. The van der Waals surface area contributed by atoms with Crippen molar-refractivity contribution in [2.45, 2.75) is 39.2 Å². The van der Waals surface area contributed by atoms with Gasteiger partial charge in [-0.3, -0.25) is 4.79 Å². The van der Waals surface area contributed by atoms with Gasteiger partial charge in [-0.15, -0.1) is 5.10 Å². The summed E-state index contributed by atoms with van der Waals surface area (Å²) in [6.07, 6.45) is 0.465. The minimum absolute atomic E-state index is 0.0300. The van der Waals surface area contributed by atoms with Crippen molar-refractivity contribution in [3.05, 3.63) is 66.0 Å². The first-order valence-corrected chi connectivity index (χ1v) is 9.20. The van der Waals surface area contributed by atoms with Crippen molar-refractivity contribution in [3.63, 3.8) is 0 Å². The van der Waals surface area contributed by atoms with Gasteiger partial charge in [0.1, 0.15) is 6.33 Å². The Morgan fingerprint density at radius 2 is 1.83 bits per heavy atom. The van der Waals surface area contributed by atoms with Gasteiger partial charge in [-0.1, -0.05) is 39.0 Å². The summed E-state index contributed by atoms with van der Waals surface area (Å²) in [6.45, 7) is 7.89. The monoisotopic (exact) mass is 393 g/mol. The van der Waals surface area contributed by atoms with Crippen LogP contribution in [0.1, 0.15) is 43.6 Å². The summed E-state index contributed by atoms with van der Waals surface area (Å²) in [6, 6.07) is 14.2. The number of aromatic nitrogens is 4. The van der Waals surface area contributed by atoms with E-state index in [9.17, 15) is 9.59 Å². The molecule has 1 N–H and O–H groups in total. The fourth-order valence-electron chi connectivity index (χ4n) is 2.63. The van der Waals surface area contributed by atoms with Gasteiger partial charge in [-0.2, -0.15) is 0 Å². The highest BCUT2D eigenvalue weighted by molar-refractivity contribution is 5.97. The lowest BCUT2D eigenvalue weighted by atomic mass is 9.87. The Morgan fingerprint density at radius 1 is 1.10 bits per heavy atom. The smallest absolute Gasteiger partial charge is 0.338 e. The molecule has 0 radical (unpaired) electrons. The standard InChI is InChI=1S/C21H23N5O3/c1-14(19(27)23-17-10-8-16(9-11-17)21(2,3)4)29-20(28)15-6-5-7-18(12-15)26-13-22-24-25-26/h5-14H,1-4H3,(H,23,27)/t14-/m1/s1. The van der Waals surface area contributed by atoms with E-state index in [0.717, 1.165) is 5.56 Å². The molecule has 0 saturated heterocycles. The zero-order valence-corrected chi connectivity index (χ0v) is 16.8. The van der Waals surface area contributed by atoms with E-state index in [1.807, 2.05) is 24.3 Å². The van der Waals surface area contributed by atoms with E-state index in [0.29, 0.717) is 16.9 Å². The van der Waals surface area contributed by atoms with Crippen LogP contribution in [0, 0.1) is 0 Å². The normalized spacial score (nSPS) is 12.3. The molecule has 0 saturated carbocycles. The van der Waals surface area contributed by atoms with Gasteiger partial charge < -0.3 is 10.1 Å². The Morgan fingerprint density at radius 3 is 2.45 bits per heavy atom. The number of esters is 1. The van der Waals surface area contributed by atoms with Crippen molar-refractivity contribution in [1.82, 2.24) is 20.2 Å². The highest BCUT2D eigenvalue weighted by Gasteiger charge is 2.20. The lowest BCUT2D eigenvalue weighted by Crippen LogP contribution is -2.30. The maximum absolute atomic E-state index is 12.4. The maximum atomic E-state index is 12.4. The van der Waals surface area contributed by atoms with Crippen LogP contribution in [0.5, 0.6) is 0 Å². The second-order valence-electron chi connectivity index (χ2n) is 7.67. The molecule has 3 aromatic rings. The fourth-order valence-corrected chi connectivity index (χ4v) is 2.63. The Kier molecular flexibility index (Phi) is 5.72. The number of anilines is 1. The van der Waals surface area contributed by atoms with Crippen LogP contribution in [0.3, 0.4) is 0 Å². The molecule has 1 heterocycles. The summed E-state index contributed by atoms with van der Waals surface area (Å²) in [5.41, 5.74) is 2.75. The molecule has 0 aliphatic carbocycles. The van der Waals surface area contributed by atoms with Gasteiger partial charge in [0.05, 0.1) is 11.3 Å².